The van der Waals surface area contributed by atoms with Crippen LogP contribution in [0.2, 0.25) is 0 Å². The molecule has 1 heterocycles. The number of ether oxygens (including phenoxy) is 1. The van der Waals surface area contributed by atoms with Crippen LogP contribution >= 0.6 is 0 Å². The molecule has 0 unspecified atom stereocenters. The molecule has 1 saturated carbocycles. The van der Waals surface area contributed by atoms with E-state index < -0.39 is 5.41 Å². The third kappa shape index (κ3) is 2.75. The first kappa shape index (κ1) is 16.5. The maximum Gasteiger partial charge on any atom is 0.232 e. The number of rotatable bonds is 2. The molecule has 0 bridgehead atoms. The molecule has 2 aromatic carbocycles. The number of aliphatic imine (C=N–C) groups is 1. The minimum absolute atomic E-state index is 0.0630. The van der Waals surface area contributed by atoms with Crippen molar-refractivity contribution in [3.05, 3.63) is 70.8 Å². The van der Waals surface area contributed by atoms with E-state index in [1.807, 2.05) is 12.1 Å². The van der Waals surface area contributed by atoms with E-state index in [0.29, 0.717) is 5.90 Å². The van der Waals surface area contributed by atoms with Crippen LogP contribution in [0.15, 0.2) is 53.5 Å². The molecule has 4 aliphatic rings. The summed E-state index contributed by atoms with van der Waals surface area (Å²) in [5.74, 6) is 0.286. The maximum atomic E-state index is 11.5. The molecule has 3 aliphatic carbocycles. The highest BCUT2D eigenvalue weighted by Gasteiger charge is 2.58. The molecule has 1 aliphatic heterocycles. The van der Waals surface area contributed by atoms with Gasteiger partial charge in [-0.3, -0.25) is 4.79 Å². The van der Waals surface area contributed by atoms with E-state index in [1.165, 1.54) is 30.4 Å². The van der Waals surface area contributed by atoms with Crippen LogP contribution in [-0.4, -0.2) is 17.9 Å². The predicted molar refractivity (Wildman–Crippen MR) is 105 cm³/mol. The molecule has 138 valence electrons. The lowest BCUT2D eigenvalue weighted by Crippen LogP contribution is -2.33. The van der Waals surface area contributed by atoms with Gasteiger partial charge in [0, 0.05) is 6.42 Å². The smallest absolute Gasteiger partial charge is 0.232 e. The van der Waals surface area contributed by atoms with Crippen LogP contribution in [0.4, 0.5) is 0 Å². The Morgan fingerprint density at radius 1 is 1.00 bits per heavy atom. The lowest BCUT2D eigenvalue weighted by Gasteiger charge is -2.13. The van der Waals surface area contributed by atoms with Crippen molar-refractivity contribution in [2.45, 2.75) is 50.7 Å². The van der Waals surface area contributed by atoms with Gasteiger partial charge in [-0.05, 0) is 54.4 Å². The van der Waals surface area contributed by atoms with Crippen molar-refractivity contribution >= 4 is 11.8 Å². The van der Waals surface area contributed by atoms with Gasteiger partial charge in [0.25, 0.3) is 0 Å². The van der Waals surface area contributed by atoms with Gasteiger partial charge < -0.3 is 10.5 Å². The molecular weight excluding hydrogens is 336 g/mol. The fraction of sp³-hybridized carbons (Fsp3) is 0.391. The molecule has 6 rings (SSSR count). The van der Waals surface area contributed by atoms with Gasteiger partial charge in [0.2, 0.25) is 5.91 Å². The van der Waals surface area contributed by atoms with Crippen LogP contribution < -0.4 is 5.73 Å². The fourth-order valence-corrected chi connectivity index (χ4v) is 4.54. The first-order chi connectivity index (χ1) is 13.2. The highest BCUT2D eigenvalue weighted by Crippen LogP contribution is 2.52. The van der Waals surface area contributed by atoms with Crippen LogP contribution in [0.5, 0.6) is 0 Å². The normalized spacial score (nSPS) is 25.3. The lowest BCUT2D eigenvalue weighted by atomic mass is 10.1. The van der Waals surface area contributed by atoms with Gasteiger partial charge in [0.05, 0.1) is 0 Å². The largest absolute Gasteiger partial charge is 0.474 e. The molecule has 2 N–H and O–H groups in total. The molecule has 2 atom stereocenters. The second-order valence-electron chi connectivity index (χ2n) is 8.01. The van der Waals surface area contributed by atoms with Crippen molar-refractivity contribution in [3.63, 3.8) is 0 Å². The highest BCUT2D eigenvalue weighted by molar-refractivity contribution is 6.08. The van der Waals surface area contributed by atoms with Crippen molar-refractivity contribution in [2.24, 2.45) is 16.1 Å². The Labute approximate surface area is 159 Å². The zero-order valence-electron chi connectivity index (χ0n) is 15.4. The lowest BCUT2D eigenvalue weighted by molar-refractivity contribution is -0.121. The molecule has 0 saturated heterocycles. The first-order valence-electron chi connectivity index (χ1n) is 9.87. The number of amides is 1. The second kappa shape index (κ2) is 6.22. The first-order valence-corrected chi connectivity index (χ1v) is 9.87. The van der Waals surface area contributed by atoms with Gasteiger partial charge in [-0.1, -0.05) is 48.5 Å². The molecule has 2 aromatic rings. The summed E-state index contributed by atoms with van der Waals surface area (Å²) in [6, 6.07) is 17.1. The Hall–Kier alpha value is -2.62. The summed E-state index contributed by atoms with van der Waals surface area (Å²) >= 11 is 0. The zero-order valence-corrected chi connectivity index (χ0v) is 15.4. The van der Waals surface area contributed by atoms with Crippen molar-refractivity contribution < 1.29 is 9.53 Å². The van der Waals surface area contributed by atoms with Crippen LogP contribution in [0.1, 0.15) is 47.6 Å². The van der Waals surface area contributed by atoms with Gasteiger partial charge in [0.1, 0.15) is 17.6 Å². The van der Waals surface area contributed by atoms with Gasteiger partial charge in [-0.25, -0.2) is 4.99 Å². The molecule has 1 fully saturated rings. The van der Waals surface area contributed by atoms with Crippen molar-refractivity contribution in [2.75, 3.05) is 0 Å². The number of carbonyl (C=O) groups is 1. The predicted octanol–water partition coefficient (Wildman–Crippen LogP) is 3.52. The van der Waals surface area contributed by atoms with Gasteiger partial charge >= 0.3 is 0 Å². The molecule has 4 heteroatoms. The van der Waals surface area contributed by atoms with Crippen LogP contribution in [-0.2, 0) is 28.8 Å². The number of nitrogens with two attached hydrogens (primary N) is 1. The Balaban J connectivity index is 0.000000149. The number of carbonyl (C=O) groups excluding carboxylic acids is 1. The molecule has 4 nitrogen and oxygen atoms in total. The summed E-state index contributed by atoms with van der Waals surface area (Å²) in [4.78, 5) is 16.1. The average Bonchev–Trinajstić information content (AvgIpc) is 3.02. The molecule has 0 aromatic heterocycles. The number of hydrogen-bond donors (Lipinski definition) is 1. The van der Waals surface area contributed by atoms with E-state index in [1.54, 1.807) is 11.1 Å². The van der Waals surface area contributed by atoms with Crippen LogP contribution in [0, 0.1) is 5.41 Å². The second-order valence-corrected chi connectivity index (χ2v) is 8.01. The van der Waals surface area contributed by atoms with E-state index in [2.05, 4.69) is 41.4 Å². The van der Waals surface area contributed by atoms with Gasteiger partial charge in [0.15, 0.2) is 5.90 Å². The molecular formula is C23H24N2O2. The minimum Gasteiger partial charge on any atom is -0.474 e. The monoisotopic (exact) mass is 360 g/mol. The van der Waals surface area contributed by atoms with Gasteiger partial charge in [-0.15, -0.1) is 0 Å². The average molecular weight is 360 g/mol. The Morgan fingerprint density at radius 3 is 2.26 bits per heavy atom. The van der Waals surface area contributed by atoms with Crippen molar-refractivity contribution in [3.8, 4) is 0 Å². The maximum absolute atomic E-state index is 11.5. The number of primary amides is 1. The molecule has 0 spiro atoms. The summed E-state index contributed by atoms with van der Waals surface area (Å²) in [6.45, 7) is 0. The standard InChI is InChI=1S/C14H14N2O2.C9H10/c15-12(17)14(5-6-14)13-16-11-9-4-2-1-3-8(9)7-10(11)18-13;1-2-5-9-7-3-6-8(9)4-1/h1-4,10-11H,5-7H2,(H2,15,17);1-2,4-5H,3,6-7H2/t10-,11+;/m0./s1. The molecule has 1 amide bonds. The summed E-state index contributed by atoms with van der Waals surface area (Å²) < 4.78 is 5.91. The van der Waals surface area contributed by atoms with E-state index >= 15 is 0 Å². The van der Waals surface area contributed by atoms with E-state index in [0.717, 1.165) is 19.3 Å². The summed E-state index contributed by atoms with van der Waals surface area (Å²) in [6.07, 6.45) is 6.47. The topological polar surface area (TPSA) is 64.7 Å². The molecule has 0 radical (unpaired) electrons. The summed E-state index contributed by atoms with van der Waals surface area (Å²) in [5.41, 5.74) is 10.5. The zero-order chi connectivity index (χ0) is 18.4. The van der Waals surface area contributed by atoms with Crippen LogP contribution in [0.3, 0.4) is 0 Å². The van der Waals surface area contributed by atoms with E-state index in [9.17, 15) is 4.79 Å². The fourth-order valence-electron chi connectivity index (χ4n) is 4.54. The van der Waals surface area contributed by atoms with Crippen molar-refractivity contribution in [1.82, 2.24) is 0 Å². The third-order valence-corrected chi connectivity index (χ3v) is 6.31. The van der Waals surface area contributed by atoms with Gasteiger partial charge in [-0.2, -0.15) is 0 Å². The Bertz CT molecular complexity index is 906. The van der Waals surface area contributed by atoms with Crippen molar-refractivity contribution in [1.29, 1.82) is 0 Å². The quantitative estimate of drug-likeness (QED) is 0.890. The Morgan fingerprint density at radius 2 is 1.63 bits per heavy atom. The summed E-state index contributed by atoms with van der Waals surface area (Å²) in [7, 11) is 0. The highest BCUT2D eigenvalue weighted by atomic mass is 16.5. The van der Waals surface area contributed by atoms with E-state index in [4.69, 9.17) is 10.5 Å². The number of fused-ring (bicyclic) bond motifs is 4. The number of nitrogens with zero attached hydrogens (tertiary/aromatic N) is 1. The summed E-state index contributed by atoms with van der Waals surface area (Å²) in [5, 5.41) is 0. The molecule has 27 heavy (non-hydrogen) atoms. The SMILES string of the molecule is NC(=O)C1(C2=N[C@@H]3c4ccccc4C[C@@H]3O2)CC1.c1ccc2c(c1)CCC2. The van der Waals surface area contributed by atoms with E-state index in [-0.39, 0.29) is 18.1 Å². The number of aryl methyl sites for hydroxylation is 2. The van der Waals surface area contributed by atoms with Crippen LogP contribution in [0.25, 0.3) is 0 Å². The number of benzene rings is 2. The number of hydrogen-bond acceptors (Lipinski definition) is 3. The third-order valence-electron chi connectivity index (χ3n) is 6.31. The minimum atomic E-state index is -0.584. The Kier molecular flexibility index (Phi) is 3.81.